The van der Waals surface area contributed by atoms with Crippen LogP contribution >= 0.6 is 22.7 Å². The van der Waals surface area contributed by atoms with Gasteiger partial charge in [-0.2, -0.15) is 0 Å². The van der Waals surface area contributed by atoms with Gasteiger partial charge in [-0.25, -0.2) is 0 Å². The van der Waals surface area contributed by atoms with E-state index >= 15 is 0 Å². The summed E-state index contributed by atoms with van der Waals surface area (Å²) in [5, 5.41) is 8.18. The molecule has 44 heavy (non-hydrogen) atoms. The van der Waals surface area contributed by atoms with E-state index in [-0.39, 0.29) is 0 Å². The quantitative estimate of drug-likeness (QED) is 0.0953. The Morgan fingerprint density at radius 2 is 0.841 bits per heavy atom. The Balaban J connectivity index is 1.22. The number of hydrogen-bond donors (Lipinski definition) is 0. The zero-order chi connectivity index (χ0) is 29.9. The highest BCUT2D eigenvalue weighted by molar-refractivity contribution is 7.22. The van der Waals surface area contributed by atoms with Crippen LogP contribution in [0.4, 0.5) is 0 Å². The Hall–Kier alpha value is -3.46. The molecule has 0 nitrogen and oxygen atoms in total. The smallest absolute Gasteiger partial charge is 0.0355 e. The molecule has 0 radical (unpaired) electrons. The van der Waals surface area contributed by atoms with Gasteiger partial charge in [-0.15, -0.1) is 22.7 Å². The van der Waals surface area contributed by atoms with Crippen LogP contribution < -0.4 is 0 Å². The van der Waals surface area contributed by atoms with Crippen molar-refractivity contribution in [3.8, 4) is 20.9 Å². The maximum absolute atomic E-state index is 2.43. The summed E-state index contributed by atoms with van der Waals surface area (Å²) in [4.78, 5) is 2.74. The summed E-state index contributed by atoms with van der Waals surface area (Å²) in [6.07, 6.45) is 12.8. The van der Waals surface area contributed by atoms with Crippen LogP contribution in [0.25, 0.3) is 62.6 Å². The second-order valence-corrected chi connectivity index (χ2v) is 14.6. The van der Waals surface area contributed by atoms with Crippen LogP contribution in [0, 0.1) is 0 Å². The molecule has 2 heterocycles. The van der Waals surface area contributed by atoms with Crippen molar-refractivity contribution >= 4 is 64.4 Å². The Kier molecular flexibility index (Phi) is 8.82. The lowest BCUT2D eigenvalue weighted by Gasteiger charge is -2.06. The molecule has 7 rings (SSSR count). The number of fused-ring (bicyclic) bond motifs is 7. The molecule has 0 amide bonds. The first-order chi connectivity index (χ1) is 21.7. The Labute approximate surface area is 270 Å². The van der Waals surface area contributed by atoms with E-state index < -0.39 is 0 Å². The van der Waals surface area contributed by atoms with Crippen molar-refractivity contribution in [1.82, 2.24) is 0 Å². The summed E-state index contributed by atoms with van der Waals surface area (Å²) >= 11 is 3.85. The lowest BCUT2D eigenvalue weighted by atomic mass is 9.97. The van der Waals surface area contributed by atoms with Crippen molar-refractivity contribution < 1.29 is 0 Å². The maximum atomic E-state index is 2.43. The van der Waals surface area contributed by atoms with E-state index in [1.54, 1.807) is 0 Å². The van der Waals surface area contributed by atoms with Crippen LogP contribution in [-0.4, -0.2) is 0 Å². The van der Waals surface area contributed by atoms with Gasteiger partial charge >= 0.3 is 0 Å². The minimum atomic E-state index is 1.18. The zero-order valence-corrected chi connectivity index (χ0v) is 27.8. The summed E-state index contributed by atoms with van der Waals surface area (Å²) in [5.74, 6) is 0. The molecule has 2 aromatic heterocycles. The van der Waals surface area contributed by atoms with Gasteiger partial charge in [0.15, 0.2) is 0 Å². The van der Waals surface area contributed by atoms with Crippen LogP contribution in [0.1, 0.15) is 76.3 Å². The van der Waals surface area contributed by atoms with Gasteiger partial charge in [-0.05, 0) is 93.7 Å². The second-order valence-electron chi connectivity index (χ2n) is 12.5. The van der Waals surface area contributed by atoms with E-state index in [1.165, 1.54) is 138 Å². The SMILES string of the molecule is CCCCCCc1cccc(-c2cc3c(ccc4c3ccc3c5cc(-c6cccc(CCCCCC)c6)sc5ccc34)s2)c1. The first-order valence-corrected chi connectivity index (χ1v) is 18.4. The van der Waals surface area contributed by atoms with E-state index in [1.807, 2.05) is 22.7 Å². The van der Waals surface area contributed by atoms with Gasteiger partial charge < -0.3 is 0 Å². The molecule has 0 aliphatic heterocycles. The number of unbranched alkanes of at least 4 members (excludes halogenated alkanes) is 6. The van der Waals surface area contributed by atoms with E-state index in [2.05, 4.69) is 111 Å². The minimum Gasteiger partial charge on any atom is -0.135 e. The van der Waals surface area contributed by atoms with E-state index in [0.29, 0.717) is 0 Å². The normalized spacial score (nSPS) is 11.9. The van der Waals surface area contributed by atoms with Crippen molar-refractivity contribution in [2.45, 2.75) is 78.1 Å². The number of hydrogen-bond acceptors (Lipinski definition) is 2. The molecule has 5 aromatic carbocycles. The molecule has 7 aromatic rings. The van der Waals surface area contributed by atoms with Crippen LogP contribution in [0.15, 0.2) is 97.1 Å². The lowest BCUT2D eigenvalue weighted by Crippen LogP contribution is -1.86. The fraction of sp³-hybridized carbons (Fsp3) is 0.286. The van der Waals surface area contributed by atoms with Crippen LogP contribution in [0.2, 0.25) is 0 Å². The molecule has 0 fully saturated rings. The highest BCUT2D eigenvalue weighted by Gasteiger charge is 2.13. The third-order valence-corrected chi connectivity index (χ3v) is 11.6. The van der Waals surface area contributed by atoms with Gasteiger partial charge in [-0.3, -0.25) is 0 Å². The predicted molar refractivity (Wildman–Crippen MR) is 199 cm³/mol. The standard InChI is InChI=1S/C42H42S2/c1-3-5-7-9-13-29-15-11-17-31(25-29)41-27-37-35-19-20-36-34(33(35)21-23-39(37)43-41)22-24-40-38(36)28-42(44-40)32-18-12-16-30(26-32)14-10-8-6-4-2/h11-12,15-28H,3-10,13-14H2,1-2H3. The molecule has 0 spiro atoms. The molecule has 0 bridgehead atoms. The molecule has 0 aliphatic rings. The third-order valence-electron chi connectivity index (χ3n) is 9.25. The summed E-state index contributed by atoms with van der Waals surface area (Å²) in [5.41, 5.74) is 5.63. The molecule has 0 unspecified atom stereocenters. The second kappa shape index (κ2) is 13.3. The van der Waals surface area contributed by atoms with Gasteiger partial charge in [0.05, 0.1) is 0 Å². The Morgan fingerprint density at radius 3 is 1.30 bits per heavy atom. The van der Waals surface area contributed by atoms with Gasteiger partial charge in [0.1, 0.15) is 0 Å². The van der Waals surface area contributed by atoms with Crippen LogP contribution in [-0.2, 0) is 12.8 Å². The average molecular weight is 611 g/mol. The number of aryl methyl sites for hydroxylation is 2. The minimum absolute atomic E-state index is 1.18. The number of rotatable bonds is 12. The molecule has 0 saturated heterocycles. The molecule has 2 heteroatoms. The average Bonchev–Trinajstić information content (AvgIpc) is 3.71. The molecule has 222 valence electrons. The molecule has 0 atom stereocenters. The largest absolute Gasteiger partial charge is 0.135 e. The fourth-order valence-electron chi connectivity index (χ4n) is 6.82. The number of thiophene rings is 2. The van der Waals surface area contributed by atoms with Crippen molar-refractivity contribution in [2.24, 2.45) is 0 Å². The molecule has 0 saturated carbocycles. The van der Waals surface area contributed by atoms with Gasteiger partial charge in [0, 0.05) is 29.9 Å². The first-order valence-electron chi connectivity index (χ1n) is 16.7. The first kappa shape index (κ1) is 29.3. The summed E-state index contributed by atoms with van der Waals surface area (Å²) < 4.78 is 2.74. The predicted octanol–water partition coefficient (Wildman–Crippen LogP) is 14.0. The van der Waals surface area contributed by atoms with Crippen LogP contribution in [0.3, 0.4) is 0 Å². The number of benzene rings is 5. The Morgan fingerprint density at radius 1 is 0.409 bits per heavy atom. The van der Waals surface area contributed by atoms with Gasteiger partial charge in [0.25, 0.3) is 0 Å². The highest BCUT2D eigenvalue weighted by Crippen LogP contribution is 2.43. The topological polar surface area (TPSA) is 0 Å². The Bertz CT molecular complexity index is 1910. The van der Waals surface area contributed by atoms with Gasteiger partial charge in [0.2, 0.25) is 0 Å². The van der Waals surface area contributed by atoms with Crippen molar-refractivity contribution in [3.63, 3.8) is 0 Å². The van der Waals surface area contributed by atoms with Gasteiger partial charge in [-0.1, -0.05) is 125 Å². The highest BCUT2D eigenvalue weighted by atomic mass is 32.1. The van der Waals surface area contributed by atoms with E-state index in [0.717, 1.165) is 0 Å². The van der Waals surface area contributed by atoms with Crippen molar-refractivity contribution in [3.05, 3.63) is 108 Å². The molecule has 0 N–H and O–H groups in total. The van der Waals surface area contributed by atoms with E-state index in [4.69, 9.17) is 0 Å². The van der Waals surface area contributed by atoms with E-state index in [9.17, 15) is 0 Å². The van der Waals surface area contributed by atoms with Crippen molar-refractivity contribution in [2.75, 3.05) is 0 Å². The van der Waals surface area contributed by atoms with Crippen molar-refractivity contribution in [1.29, 1.82) is 0 Å². The maximum Gasteiger partial charge on any atom is 0.0355 e. The molecular formula is C42H42S2. The summed E-state index contributed by atoms with van der Waals surface area (Å²) in [6, 6.07) is 37.5. The fourth-order valence-corrected chi connectivity index (χ4v) is 8.97. The molecule has 0 aliphatic carbocycles. The zero-order valence-electron chi connectivity index (χ0n) is 26.1. The lowest BCUT2D eigenvalue weighted by molar-refractivity contribution is 0.667. The summed E-state index contributed by atoms with van der Waals surface area (Å²) in [6.45, 7) is 4.56. The molecular weight excluding hydrogens is 569 g/mol. The monoisotopic (exact) mass is 610 g/mol. The third kappa shape index (κ3) is 5.95. The van der Waals surface area contributed by atoms with Crippen LogP contribution in [0.5, 0.6) is 0 Å². The summed E-state index contributed by atoms with van der Waals surface area (Å²) in [7, 11) is 0.